The van der Waals surface area contributed by atoms with Gasteiger partial charge in [-0.1, -0.05) is 29.8 Å². The van der Waals surface area contributed by atoms with E-state index in [4.69, 9.17) is 31.4 Å². The number of fused-ring (bicyclic) bond motifs is 3. The van der Waals surface area contributed by atoms with E-state index in [1.165, 1.54) is 5.39 Å². The summed E-state index contributed by atoms with van der Waals surface area (Å²) < 4.78 is 2.22. The third-order valence-electron chi connectivity index (χ3n) is 4.99. The number of nitrogens with one attached hydrogen (secondary N) is 1. The van der Waals surface area contributed by atoms with Gasteiger partial charge in [-0.2, -0.15) is 0 Å². The number of nitrogens with zero attached hydrogens (tertiary/aromatic N) is 2. The van der Waals surface area contributed by atoms with E-state index in [1.54, 1.807) is 0 Å². The maximum Gasteiger partial charge on any atom is 0.414 e. The molecule has 4 rings (SSSR count). The first kappa shape index (κ1) is 22.0. The van der Waals surface area contributed by atoms with E-state index in [9.17, 15) is 5.11 Å². The third-order valence-corrected chi connectivity index (χ3v) is 5.22. The summed E-state index contributed by atoms with van der Waals surface area (Å²) in [7, 11) is 0. The molecule has 2 aromatic carbocycles. The van der Waals surface area contributed by atoms with E-state index in [0.717, 1.165) is 47.6 Å². The molecule has 1 unspecified atom stereocenters. The fourth-order valence-electron chi connectivity index (χ4n) is 3.68. The SMILES string of the molecule is O=C(O)C(=O)O.OC(CN1CCNCC1)Cn1c2ccccc2c2cc(Cl)ccc21. The van der Waals surface area contributed by atoms with E-state index in [-0.39, 0.29) is 0 Å². The number of aliphatic hydroxyl groups is 1. The quantitative estimate of drug-likeness (QED) is 0.464. The smallest absolute Gasteiger partial charge is 0.414 e. The van der Waals surface area contributed by atoms with Gasteiger partial charge in [0.2, 0.25) is 0 Å². The number of para-hydroxylation sites is 1. The van der Waals surface area contributed by atoms with Crippen molar-refractivity contribution in [3.05, 3.63) is 47.5 Å². The van der Waals surface area contributed by atoms with Crippen molar-refractivity contribution in [1.29, 1.82) is 0 Å². The number of carboxylic acid groups (broad SMARTS) is 2. The Balaban J connectivity index is 0.000000377. The van der Waals surface area contributed by atoms with E-state index < -0.39 is 18.0 Å². The van der Waals surface area contributed by atoms with Crippen molar-refractivity contribution < 1.29 is 24.9 Å². The van der Waals surface area contributed by atoms with E-state index in [0.29, 0.717) is 13.1 Å². The molecule has 1 atom stereocenters. The Hall–Kier alpha value is -2.65. The molecular weight excluding hydrogens is 410 g/mol. The standard InChI is InChI=1S/C19H22ClN3O.C2H2O4/c20-14-5-6-19-17(11-14)16-3-1-2-4-18(16)23(19)13-15(24)12-22-9-7-21-8-10-22;3-1(4)2(5)6/h1-6,11,15,21,24H,7-10,12-13H2;(H,3,4)(H,5,6). The van der Waals surface area contributed by atoms with Crippen LogP contribution < -0.4 is 5.32 Å². The molecule has 1 saturated heterocycles. The molecule has 1 aliphatic heterocycles. The predicted molar refractivity (Wildman–Crippen MR) is 115 cm³/mol. The minimum Gasteiger partial charge on any atom is -0.473 e. The van der Waals surface area contributed by atoms with Crippen LogP contribution in [0.15, 0.2) is 42.5 Å². The summed E-state index contributed by atoms with van der Waals surface area (Å²) in [4.78, 5) is 20.5. The molecule has 4 N–H and O–H groups in total. The van der Waals surface area contributed by atoms with Gasteiger partial charge in [-0.3, -0.25) is 4.90 Å². The van der Waals surface area contributed by atoms with E-state index in [1.807, 2.05) is 24.3 Å². The summed E-state index contributed by atoms with van der Waals surface area (Å²) in [6.07, 6.45) is -0.391. The second kappa shape index (κ2) is 9.90. The molecule has 8 nitrogen and oxygen atoms in total. The number of aromatic nitrogens is 1. The van der Waals surface area contributed by atoms with Gasteiger partial charge in [-0.15, -0.1) is 0 Å². The largest absolute Gasteiger partial charge is 0.473 e. The summed E-state index contributed by atoms with van der Waals surface area (Å²) in [5.41, 5.74) is 2.27. The molecule has 160 valence electrons. The first-order valence-corrected chi connectivity index (χ1v) is 9.98. The van der Waals surface area contributed by atoms with Gasteiger partial charge in [-0.05, 0) is 24.3 Å². The first-order valence-electron chi connectivity index (χ1n) is 9.60. The van der Waals surface area contributed by atoms with E-state index >= 15 is 0 Å². The van der Waals surface area contributed by atoms with Crippen LogP contribution in [0.4, 0.5) is 0 Å². The molecule has 0 saturated carbocycles. The fourth-order valence-corrected chi connectivity index (χ4v) is 3.85. The molecule has 0 amide bonds. The molecule has 30 heavy (non-hydrogen) atoms. The first-order chi connectivity index (χ1) is 14.4. The molecule has 1 fully saturated rings. The summed E-state index contributed by atoms with van der Waals surface area (Å²) >= 11 is 6.19. The van der Waals surface area contributed by atoms with Gasteiger partial charge < -0.3 is 25.2 Å². The van der Waals surface area contributed by atoms with Crippen LogP contribution in [0.3, 0.4) is 0 Å². The number of hydrogen-bond donors (Lipinski definition) is 4. The summed E-state index contributed by atoms with van der Waals surface area (Å²) in [6, 6.07) is 14.3. The van der Waals surface area contributed by atoms with Gasteiger partial charge in [0.15, 0.2) is 0 Å². The van der Waals surface area contributed by atoms with Crippen molar-refractivity contribution in [1.82, 2.24) is 14.8 Å². The molecule has 0 radical (unpaired) electrons. The molecule has 0 bridgehead atoms. The van der Waals surface area contributed by atoms with Crippen molar-refractivity contribution in [3.8, 4) is 0 Å². The monoisotopic (exact) mass is 433 g/mol. The van der Waals surface area contributed by atoms with Crippen molar-refractivity contribution in [2.75, 3.05) is 32.7 Å². The molecular formula is C21H24ClN3O5. The maximum atomic E-state index is 10.6. The lowest BCUT2D eigenvalue weighted by Gasteiger charge is -2.29. The number of rotatable bonds is 4. The van der Waals surface area contributed by atoms with Crippen LogP contribution in [0.25, 0.3) is 21.8 Å². The number of benzene rings is 2. The number of hydrogen-bond acceptors (Lipinski definition) is 5. The summed E-state index contributed by atoms with van der Waals surface area (Å²) in [6.45, 7) is 5.31. The minimum absolute atomic E-state index is 0.391. The van der Waals surface area contributed by atoms with Crippen LogP contribution in [0.1, 0.15) is 0 Å². The van der Waals surface area contributed by atoms with Gasteiger partial charge >= 0.3 is 11.9 Å². The Kier molecular flexibility index (Phi) is 7.28. The lowest BCUT2D eigenvalue weighted by atomic mass is 10.2. The predicted octanol–water partition coefficient (Wildman–Crippen LogP) is 1.87. The Morgan fingerprint density at radius 3 is 2.27 bits per heavy atom. The zero-order chi connectivity index (χ0) is 21.7. The number of aliphatic carboxylic acids is 2. The third kappa shape index (κ3) is 5.28. The zero-order valence-electron chi connectivity index (χ0n) is 16.3. The van der Waals surface area contributed by atoms with Gasteiger partial charge in [-0.25, -0.2) is 9.59 Å². The lowest BCUT2D eigenvalue weighted by molar-refractivity contribution is -0.159. The van der Waals surface area contributed by atoms with Gasteiger partial charge in [0.05, 0.1) is 12.6 Å². The molecule has 0 aliphatic carbocycles. The van der Waals surface area contributed by atoms with Crippen LogP contribution in [0.2, 0.25) is 5.02 Å². The summed E-state index contributed by atoms with van der Waals surface area (Å²) in [5, 5.41) is 31.8. The lowest BCUT2D eigenvalue weighted by Crippen LogP contribution is -2.46. The number of carboxylic acids is 2. The van der Waals surface area contributed by atoms with Crippen LogP contribution in [-0.2, 0) is 16.1 Å². The topological polar surface area (TPSA) is 115 Å². The minimum atomic E-state index is -1.82. The Morgan fingerprint density at radius 2 is 1.60 bits per heavy atom. The highest BCUT2D eigenvalue weighted by atomic mass is 35.5. The Labute approximate surface area is 178 Å². The number of halogens is 1. The highest BCUT2D eigenvalue weighted by molar-refractivity contribution is 6.31. The van der Waals surface area contributed by atoms with Crippen LogP contribution in [-0.4, -0.2) is 75.6 Å². The Morgan fingerprint density at radius 1 is 0.967 bits per heavy atom. The normalized spacial score (nSPS) is 15.5. The van der Waals surface area contributed by atoms with Crippen LogP contribution in [0, 0.1) is 0 Å². The number of carbonyl (C=O) groups is 2. The van der Waals surface area contributed by atoms with Crippen LogP contribution >= 0.6 is 11.6 Å². The van der Waals surface area contributed by atoms with E-state index in [2.05, 4.69) is 33.0 Å². The maximum absolute atomic E-state index is 10.6. The molecule has 3 aromatic rings. The highest BCUT2D eigenvalue weighted by Gasteiger charge is 2.17. The van der Waals surface area contributed by atoms with Crippen molar-refractivity contribution in [2.45, 2.75) is 12.6 Å². The van der Waals surface area contributed by atoms with Gasteiger partial charge in [0, 0.05) is 59.6 Å². The number of aliphatic hydroxyl groups excluding tert-OH is 1. The molecule has 1 aromatic heterocycles. The van der Waals surface area contributed by atoms with Crippen molar-refractivity contribution >= 4 is 45.3 Å². The number of β-amino-alcohol motifs (C(OH)–C–C–N with tert-alkyl or cyclic N) is 1. The van der Waals surface area contributed by atoms with Gasteiger partial charge in [0.1, 0.15) is 0 Å². The summed E-state index contributed by atoms with van der Waals surface area (Å²) in [5.74, 6) is -3.65. The van der Waals surface area contributed by atoms with Gasteiger partial charge in [0.25, 0.3) is 0 Å². The molecule has 0 spiro atoms. The zero-order valence-corrected chi connectivity index (χ0v) is 17.0. The highest BCUT2D eigenvalue weighted by Crippen LogP contribution is 2.31. The van der Waals surface area contributed by atoms with Crippen molar-refractivity contribution in [3.63, 3.8) is 0 Å². The van der Waals surface area contributed by atoms with Crippen molar-refractivity contribution in [2.24, 2.45) is 0 Å². The second-order valence-electron chi connectivity index (χ2n) is 7.10. The second-order valence-corrected chi connectivity index (χ2v) is 7.54. The number of piperazine rings is 1. The van der Waals surface area contributed by atoms with Crippen LogP contribution in [0.5, 0.6) is 0 Å². The Bertz CT molecular complexity index is 1030. The average Bonchev–Trinajstić information content (AvgIpc) is 3.02. The molecule has 9 heteroatoms. The molecule has 1 aliphatic rings. The average molecular weight is 434 g/mol. The fraction of sp³-hybridized carbons (Fsp3) is 0.333. The molecule has 2 heterocycles.